The Bertz CT molecular complexity index is 735. The van der Waals surface area contributed by atoms with Crippen molar-refractivity contribution in [2.24, 2.45) is 5.41 Å². The molecule has 0 aliphatic carbocycles. The lowest BCUT2D eigenvalue weighted by Gasteiger charge is -2.46. The highest BCUT2D eigenvalue weighted by molar-refractivity contribution is 5.67. The van der Waals surface area contributed by atoms with Crippen LogP contribution in [0.1, 0.15) is 39.2 Å². The summed E-state index contributed by atoms with van der Waals surface area (Å²) in [7, 11) is 0. The summed E-state index contributed by atoms with van der Waals surface area (Å²) in [6.07, 6.45) is 0.322. The number of likely N-dealkylation sites (tertiary alicyclic amines) is 1. The first-order chi connectivity index (χ1) is 11.6. The van der Waals surface area contributed by atoms with E-state index in [1.807, 2.05) is 26.8 Å². The van der Waals surface area contributed by atoms with E-state index < -0.39 is 22.0 Å². The summed E-state index contributed by atoms with van der Waals surface area (Å²) >= 11 is 0. The van der Waals surface area contributed by atoms with Crippen LogP contribution in [0.5, 0.6) is 5.75 Å². The van der Waals surface area contributed by atoms with E-state index >= 15 is 0 Å². The minimum atomic E-state index is -1.02. The lowest BCUT2D eigenvalue weighted by atomic mass is 9.72. The molecule has 2 rings (SSSR count). The predicted molar refractivity (Wildman–Crippen MR) is 89.5 cm³/mol. The highest BCUT2D eigenvalue weighted by Crippen LogP contribution is 2.44. The summed E-state index contributed by atoms with van der Waals surface area (Å²) in [5, 5.41) is 29.9. The van der Waals surface area contributed by atoms with Gasteiger partial charge in [-0.15, -0.1) is 0 Å². The highest BCUT2D eigenvalue weighted by Gasteiger charge is 2.52. The molecule has 0 radical (unpaired) electrons. The molecular formula is C17H21N3O5. The van der Waals surface area contributed by atoms with E-state index in [2.05, 4.69) is 0 Å². The van der Waals surface area contributed by atoms with Crippen molar-refractivity contribution in [3.05, 3.63) is 33.9 Å². The zero-order valence-electron chi connectivity index (χ0n) is 14.5. The van der Waals surface area contributed by atoms with Gasteiger partial charge in [-0.1, -0.05) is 26.8 Å². The van der Waals surface area contributed by atoms with Gasteiger partial charge in [0.1, 0.15) is 18.4 Å². The van der Waals surface area contributed by atoms with Gasteiger partial charge in [0.15, 0.2) is 5.56 Å². The molecule has 1 amide bonds. The number of rotatable bonds is 4. The van der Waals surface area contributed by atoms with Gasteiger partial charge in [-0.3, -0.25) is 15.0 Å². The molecule has 0 saturated carbocycles. The molecule has 1 N–H and O–H groups in total. The number of nitrogens with zero attached hydrogens (tertiary/aromatic N) is 3. The average molecular weight is 347 g/mol. The van der Waals surface area contributed by atoms with E-state index in [1.54, 1.807) is 0 Å². The molecule has 1 aliphatic heterocycles. The maximum Gasteiger partial charge on any atom is 0.407 e. The number of carbonyl (C=O) groups is 1. The van der Waals surface area contributed by atoms with E-state index in [4.69, 9.17) is 4.74 Å². The minimum Gasteiger partial charge on any atom is -0.489 e. The van der Waals surface area contributed by atoms with E-state index in [0.29, 0.717) is 19.4 Å². The number of nitriles is 1. The van der Waals surface area contributed by atoms with Gasteiger partial charge in [-0.25, -0.2) is 4.79 Å². The molecule has 0 spiro atoms. The SMILES string of the molecule is CC(C)(C)C1(COc2cccc([N+](=O)[O-])c2C#N)CCCN1C(=O)O. The van der Waals surface area contributed by atoms with Gasteiger partial charge in [-0.05, 0) is 24.3 Å². The number of ether oxygens (including phenoxy) is 1. The topological polar surface area (TPSA) is 117 Å². The molecule has 134 valence electrons. The Hall–Kier alpha value is -2.82. The van der Waals surface area contributed by atoms with Crippen LogP contribution < -0.4 is 4.74 Å². The summed E-state index contributed by atoms with van der Waals surface area (Å²) in [4.78, 5) is 23.5. The predicted octanol–water partition coefficient (Wildman–Crippen LogP) is 3.40. The third-order valence-corrected chi connectivity index (χ3v) is 4.89. The fourth-order valence-corrected chi connectivity index (χ4v) is 3.41. The Kier molecular flexibility index (Phi) is 4.88. The molecular weight excluding hydrogens is 326 g/mol. The first-order valence-corrected chi connectivity index (χ1v) is 7.95. The van der Waals surface area contributed by atoms with Crippen molar-refractivity contribution in [1.82, 2.24) is 4.90 Å². The van der Waals surface area contributed by atoms with Crippen LogP contribution in [0.25, 0.3) is 0 Å². The van der Waals surface area contributed by atoms with Crippen molar-refractivity contribution in [3.63, 3.8) is 0 Å². The third-order valence-electron chi connectivity index (χ3n) is 4.89. The molecule has 8 nitrogen and oxygen atoms in total. The second-order valence-corrected chi connectivity index (χ2v) is 7.13. The monoisotopic (exact) mass is 347 g/mol. The smallest absolute Gasteiger partial charge is 0.407 e. The molecule has 1 unspecified atom stereocenters. The summed E-state index contributed by atoms with van der Waals surface area (Å²) < 4.78 is 5.78. The van der Waals surface area contributed by atoms with Gasteiger partial charge in [0, 0.05) is 12.6 Å². The third kappa shape index (κ3) is 3.22. The van der Waals surface area contributed by atoms with Gasteiger partial charge < -0.3 is 9.84 Å². The fourth-order valence-electron chi connectivity index (χ4n) is 3.41. The normalized spacial score (nSPS) is 20.2. The van der Waals surface area contributed by atoms with Crippen LogP contribution in [0.2, 0.25) is 0 Å². The van der Waals surface area contributed by atoms with E-state index in [9.17, 15) is 25.3 Å². The van der Waals surface area contributed by atoms with Crippen LogP contribution >= 0.6 is 0 Å². The van der Waals surface area contributed by atoms with Crippen LogP contribution in [0.4, 0.5) is 10.5 Å². The van der Waals surface area contributed by atoms with Crippen molar-refractivity contribution >= 4 is 11.8 Å². The van der Waals surface area contributed by atoms with Gasteiger partial charge >= 0.3 is 6.09 Å². The second-order valence-electron chi connectivity index (χ2n) is 7.13. The maximum atomic E-state index is 11.7. The van der Waals surface area contributed by atoms with E-state index in [1.165, 1.54) is 23.1 Å². The average Bonchev–Trinajstić information content (AvgIpc) is 2.97. The molecule has 1 aromatic carbocycles. The van der Waals surface area contributed by atoms with Gasteiger partial charge in [0.05, 0.1) is 10.5 Å². The molecule has 1 aliphatic rings. The first-order valence-electron chi connectivity index (χ1n) is 7.95. The number of nitro groups is 1. The Morgan fingerprint density at radius 2 is 2.20 bits per heavy atom. The Balaban J connectivity index is 2.38. The zero-order chi connectivity index (χ0) is 18.8. The van der Waals surface area contributed by atoms with Gasteiger partial charge in [-0.2, -0.15) is 5.26 Å². The number of carboxylic acid groups (broad SMARTS) is 1. The summed E-state index contributed by atoms with van der Waals surface area (Å²) in [5.41, 5.74) is -1.66. The number of amides is 1. The molecule has 0 aromatic heterocycles. The van der Waals surface area contributed by atoms with Crippen LogP contribution in [0, 0.1) is 26.9 Å². The lowest BCUT2D eigenvalue weighted by molar-refractivity contribution is -0.385. The van der Waals surface area contributed by atoms with Crippen molar-refractivity contribution < 1.29 is 19.6 Å². The van der Waals surface area contributed by atoms with Gasteiger partial charge in [0.2, 0.25) is 0 Å². The molecule has 1 fully saturated rings. The summed E-state index contributed by atoms with van der Waals surface area (Å²) in [5.74, 6) is 0.0950. The highest BCUT2D eigenvalue weighted by atomic mass is 16.6. The van der Waals surface area contributed by atoms with E-state index in [0.717, 1.165) is 0 Å². The van der Waals surface area contributed by atoms with Crippen molar-refractivity contribution in [2.75, 3.05) is 13.2 Å². The first kappa shape index (κ1) is 18.5. The largest absolute Gasteiger partial charge is 0.489 e. The van der Waals surface area contributed by atoms with Crippen LogP contribution in [-0.2, 0) is 0 Å². The Labute approximate surface area is 145 Å². The van der Waals surface area contributed by atoms with Gasteiger partial charge in [0.25, 0.3) is 5.69 Å². The van der Waals surface area contributed by atoms with Crippen LogP contribution in [0.3, 0.4) is 0 Å². The number of hydrogen-bond donors (Lipinski definition) is 1. The quantitative estimate of drug-likeness (QED) is 0.659. The molecule has 0 bridgehead atoms. The summed E-state index contributed by atoms with van der Waals surface area (Å²) in [6.45, 7) is 6.26. The number of hydrogen-bond acceptors (Lipinski definition) is 5. The Morgan fingerprint density at radius 1 is 1.52 bits per heavy atom. The van der Waals surface area contributed by atoms with Crippen molar-refractivity contribution in [2.45, 2.75) is 39.2 Å². The summed E-state index contributed by atoms with van der Waals surface area (Å²) in [6, 6.07) is 5.98. The maximum absolute atomic E-state index is 11.7. The lowest BCUT2D eigenvalue weighted by Crippen LogP contribution is -2.58. The fraction of sp³-hybridized carbons (Fsp3) is 0.529. The minimum absolute atomic E-state index is 0.0264. The molecule has 1 heterocycles. The van der Waals surface area contributed by atoms with Crippen LogP contribution in [-0.4, -0.2) is 39.7 Å². The standard InChI is InChI=1S/C17H21N3O5/c1-16(2,3)17(8-5-9-19(17)15(21)22)11-25-14-7-4-6-13(20(23)24)12(14)10-18/h4,6-7H,5,8-9,11H2,1-3H3,(H,21,22). The molecule has 1 saturated heterocycles. The molecule has 8 heteroatoms. The zero-order valence-corrected chi connectivity index (χ0v) is 14.5. The van der Waals surface area contributed by atoms with Crippen LogP contribution in [0.15, 0.2) is 18.2 Å². The molecule has 1 atom stereocenters. The number of benzene rings is 1. The number of nitro benzene ring substituents is 1. The second kappa shape index (κ2) is 6.59. The molecule has 25 heavy (non-hydrogen) atoms. The Morgan fingerprint density at radius 3 is 2.72 bits per heavy atom. The van der Waals surface area contributed by atoms with E-state index in [-0.39, 0.29) is 23.6 Å². The van der Waals surface area contributed by atoms with Crippen molar-refractivity contribution in [3.8, 4) is 11.8 Å². The molecule has 1 aromatic rings. The van der Waals surface area contributed by atoms with Crippen molar-refractivity contribution in [1.29, 1.82) is 5.26 Å².